The summed E-state index contributed by atoms with van der Waals surface area (Å²) in [6, 6.07) is 0. The molecule has 0 heterocycles. The average molecular weight is 198 g/mol. The molecule has 0 saturated heterocycles. The van der Waals surface area contributed by atoms with E-state index < -0.39 is 0 Å². The summed E-state index contributed by atoms with van der Waals surface area (Å²) in [6.07, 6.45) is 5.65. The lowest BCUT2D eigenvalue weighted by atomic mass is 9.71. The quantitative estimate of drug-likeness (QED) is 0.548. The largest absolute Gasteiger partial charge is 0.0656 e. The van der Waals surface area contributed by atoms with Gasteiger partial charge in [-0.1, -0.05) is 60.8 Å². The molecule has 0 radical (unpaired) electrons. The predicted octanol–water partition coefficient (Wildman–Crippen LogP) is 5.13. The maximum atomic E-state index is 2.43. The molecule has 1 unspecified atom stereocenters. The third-order valence-electron chi connectivity index (χ3n) is 3.38. The van der Waals surface area contributed by atoms with Gasteiger partial charge in [-0.3, -0.25) is 0 Å². The first-order chi connectivity index (χ1) is 6.52. The molecule has 0 amide bonds. The van der Waals surface area contributed by atoms with Gasteiger partial charge in [0.05, 0.1) is 0 Å². The number of rotatable bonds is 1. The molecule has 0 aromatic heterocycles. The molecular weight excluding hydrogens is 168 g/mol. The Morgan fingerprint density at radius 3 is 1.93 bits per heavy atom. The monoisotopic (exact) mass is 198 g/mol. The fourth-order valence-corrected chi connectivity index (χ4v) is 2.51. The highest BCUT2D eigenvalue weighted by atomic mass is 14.3. The molecule has 0 aromatic carbocycles. The standard InChI is InChI=1S/C11H22.C3H8/c1-8(2)11-7-9(3)5-6-10(11)4;1-3-2/h8-11H,5-7H2,1-4H3;3H2,1-2H3/t9-,10?,11-;/m1./s1. The summed E-state index contributed by atoms with van der Waals surface area (Å²) >= 11 is 0. The molecule has 1 aliphatic carbocycles. The minimum atomic E-state index is 0.896. The summed E-state index contributed by atoms with van der Waals surface area (Å²) < 4.78 is 0. The van der Waals surface area contributed by atoms with E-state index in [9.17, 15) is 0 Å². The molecule has 0 nitrogen and oxygen atoms in total. The Kier molecular flexibility index (Phi) is 7.31. The first-order valence-electron chi connectivity index (χ1n) is 6.52. The van der Waals surface area contributed by atoms with Crippen LogP contribution in [0.2, 0.25) is 0 Å². The second-order valence-corrected chi connectivity index (χ2v) is 5.51. The molecule has 1 aliphatic rings. The molecule has 0 N–H and O–H groups in total. The van der Waals surface area contributed by atoms with Gasteiger partial charge in [-0.05, 0) is 30.1 Å². The van der Waals surface area contributed by atoms with Gasteiger partial charge in [0, 0.05) is 0 Å². The van der Waals surface area contributed by atoms with Crippen molar-refractivity contribution >= 4 is 0 Å². The Morgan fingerprint density at radius 2 is 1.57 bits per heavy atom. The Morgan fingerprint density at radius 1 is 1.07 bits per heavy atom. The van der Waals surface area contributed by atoms with Gasteiger partial charge in [0.15, 0.2) is 0 Å². The van der Waals surface area contributed by atoms with Crippen molar-refractivity contribution in [1.29, 1.82) is 0 Å². The first-order valence-corrected chi connectivity index (χ1v) is 6.52. The van der Waals surface area contributed by atoms with Crippen LogP contribution >= 0.6 is 0 Å². The van der Waals surface area contributed by atoms with Crippen LogP contribution in [0.1, 0.15) is 67.2 Å². The Balaban J connectivity index is 0.000000500. The number of hydrogen-bond donors (Lipinski definition) is 0. The van der Waals surface area contributed by atoms with Crippen LogP contribution in [0.5, 0.6) is 0 Å². The van der Waals surface area contributed by atoms with Crippen LogP contribution in [0.15, 0.2) is 0 Å². The van der Waals surface area contributed by atoms with Gasteiger partial charge < -0.3 is 0 Å². The van der Waals surface area contributed by atoms with Crippen molar-refractivity contribution in [2.75, 3.05) is 0 Å². The summed E-state index contributed by atoms with van der Waals surface area (Å²) in [5.74, 6) is 3.86. The molecule has 0 heteroatoms. The van der Waals surface area contributed by atoms with E-state index in [4.69, 9.17) is 0 Å². The van der Waals surface area contributed by atoms with E-state index in [1.54, 1.807) is 0 Å². The lowest BCUT2D eigenvalue weighted by Gasteiger charge is -2.35. The van der Waals surface area contributed by atoms with Crippen LogP contribution in [0.4, 0.5) is 0 Å². The van der Waals surface area contributed by atoms with Crippen LogP contribution in [0.3, 0.4) is 0 Å². The summed E-state index contributed by atoms with van der Waals surface area (Å²) in [5.41, 5.74) is 0. The minimum absolute atomic E-state index is 0.896. The number of hydrogen-bond acceptors (Lipinski definition) is 0. The zero-order valence-electron chi connectivity index (χ0n) is 11.1. The third-order valence-corrected chi connectivity index (χ3v) is 3.38. The van der Waals surface area contributed by atoms with Crippen molar-refractivity contribution in [1.82, 2.24) is 0 Å². The maximum absolute atomic E-state index is 2.43. The van der Waals surface area contributed by atoms with E-state index in [2.05, 4.69) is 41.5 Å². The predicted molar refractivity (Wildman–Crippen MR) is 66.5 cm³/mol. The van der Waals surface area contributed by atoms with E-state index in [0.717, 1.165) is 23.7 Å². The second-order valence-electron chi connectivity index (χ2n) is 5.51. The van der Waals surface area contributed by atoms with Crippen molar-refractivity contribution in [2.24, 2.45) is 23.7 Å². The normalized spacial score (nSPS) is 32.4. The van der Waals surface area contributed by atoms with E-state index in [1.807, 2.05) is 0 Å². The molecule has 0 aromatic rings. The highest BCUT2D eigenvalue weighted by molar-refractivity contribution is 4.77. The van der Waals surface area contributed by atoms with Crippen LogP contribution in [0, 0.1) is 23.7 Å². The first kappa shape index (κ1) is 14.0. The fraction of sp³-hybridized carbons (Fsp3) is 1.00. The molecule has 0 aliphatic heterocycles. The van der Waals surface area contributed by atoms with Gasteiger partial charge in [-0.2, -0.15) is 0 Å². The van der Waals surface area contributed by atoms with E-state index >= 15 is 0 Å². The van der Waals surface area contributed by atoms with E-state index in [0.29, 0.717) is 0 Å². The molecule has 86 valence electrons. The molecular formula is C14H30. The van der Waals surface area contributed by atoms with Gasteiger partial charge in [-0.25, -0.2) is 0 Å². The smallest absolute Gasteiger partial charge is 0.0363 e. The Labute approximate surface area is 91.5 Å². The van der Waals surface area contributed by atoms with Crippen molar-refractivity contribution in [3.05, 3.63) is 0 Å². The lowest BCUT2D eigenvalue weighted by Crippen LogP contribution is -2.25. The minimum Gasteiger partial charge on any atom is -0.0656 e. The van der Waals surface area contributed by atoms with Gasteiger partial charge in [0.1, 0.15) is 0 Å². The van der Waals surface area contributed by atoms with Crippen molar-refractivity contribution in [3.63, 3.8) is 0 Å². The van der Waals surface area contributed by atoms with Crippen LogP contribution in [-0.4, -0.2) is 0 Å². The zero-order chi connectivity index (χ0) is 11.1. The zero-order valence-corrected chi connectivity index (χ0v) is 11.1. The van der Waals surface area contributed by atoms with Gasteiger partial charge >= 0.3 is 0 Å². The summed E-state index contributed by atoms with van der Waals surface area (Å²) in [4.78, 5) is 0. The molecule has 1 rings (SSSR count). The van der Waals surface area contributed by atoms with Crippen LogP contribution in [0.25, 0.3) is 0 Å². The summed E-state index contributed by atoms with van der Waals surface area (Å²) in [5, 5.41) is 0. The van der Waals surface area contributed by atoms with Crippen LogP contribution in [-0.2, 0) is 0 Å². The van der Waals surface area contributed by atoms with E-state index in [-0.39, 0.29) is 0 Å². The van der Waals surface area contributed by atoms with Crippen molar-refractivity contribution in [2.45, 2.75) is 67.2 Å². The fourth-order valence-electron chi connectivity index (χ4n) is 2.51. The maximum Gasteiger partial charge on any atom is -0.0363 e. The van der Waals surface area contributed by atoms with Gasteiger partial charge in [0.25, 0.3) is 0 Å². The molecule has 0 bridgehead atoms. The highest BCUT2D eigenvalue weighted by Gasteiger charge is 2.27. The molecule has 3 atom stereocenters. The summed E-state index contributed by atoms with van der Waals surface area (Å²) in [6.45, 7) is 13.8. The van der Waals surface area contributed by atoms with Gasteiger partial charge in [-0.15, -0.1) is 0 Å². The third kappa shape index (κ3) is 5.02. The molecule has 1 fully saturated rings. The average Bonchev–Trinajstić information content (AvgIpc) is 2.10. The SMILES string of the molecule is CC(C)[C@H]1C[C@H](C)CCC1C.CCC. The lowest BCUT2D eigenvalue weighted by molar-refractivity contribution is 0.155. The molecule has 1 saturated carbocycles. The van der Waals surface area contributed by atoms with E-state index in [1.165, 1.54) is 25.7 Å². The molecule has 0 spiro atoms. The van der Waals surface area contributed by atoms with Gasteiger partial charge in [0.2, 0.25) is 0 Å². The second kappa shape index (κ2) is 7.31. The van der Waals surface area contributed by atoms with Crippen molar-refractivity contribution in [3.8, 4) is 0 Å². The molecule has 14 heavy (non-hydrogen) atoms. The topological polar surface area (TPSA) is 0 Å². The summed E-state index contributed by atoms with van der Waals surface area (Å²) in [7, 11) is 0. The van der Waals surface area contributed by atoms with Crippen molar-refractivity contribution < 1.29 is 0 Å². The highest BCUT2D eigenvalue weighted by Crippen LogP contribution is 2.37. The van der Waals surface area contributed by atoms with Crippen LogP contribution < -0.4 is 0 Å². The Hall–Kier alpha value is 0. The Bertz CT molecular complexity index is 126.